The molecule has 7 heteroatoms. The molecule has 0 heterocycles. The maximum atomic E-state index is 14.1. The van der Waals surface area contributed by atoms with Crippen molar-refractivity contribution < 1.29 is 28.9 Å². The van der Waals surface area contributed by atoms with Gasteiger partial charge in [0.1, 0.15) is 11.9 Å². The molecular weight excluding hydrogens is 557 g/mol. The summed E-state index contributed by atoms with van der Waals surface area (Å²) in [5, 5.41) is 25.9. The normalized spacial score (nSPS) is 40.6. The van der Waals surface area contributed by atoms with E-state index in [1.807, 2.05) is 13.8 Å². The molecule has 6 nitrogen and oxygen atoms in total. The highest BCUT2D eigenvalue weighted by Gasteiger charge is 2.70. The molecule has 1 aromatic carbocycles. The Hall–Kier alpha value is -2.51. The highest BCUT2D eigenvalue weighted by molar-refractivity contribution is 6.04. The largest absolute Gasteiger partial charge is 0.458 e. The van der Waals surface area contributed by atoms with Crippen molar-refractivity contribution in [3.63, 3.8) is 0 Å². The molecule has 44 heavy (non-hydrogen) atoms. The van der Waals surface area contributed by atoms with E-state index >= 15 is 0 Å². The second kappa shape index (κ2) is 12.0. The Bertz CT molecular complexity index is 1330. The zero-order valence-corrected chi connectivity index (χ0v) is 27.6. The number of carbonyl (C=O) groups is 2. The second-order valence-corrected chi connectivity index (χ2v) is 15.3. The number of rotatable bonds is 6. The number of aliphatic hydroxyl groups excluding tert-OH is 2. The lowest BCUT2D eigenvalue weighted by atomic mass is 9.36. The van der Waals surface area contributed by atoms with Gasteiger partial charge in [0.05, 0.1) is 12.2 Å². The number of esters is 1. The smallest absolute Gasteiger partial charge is 0.303 e. The maximum absolute atomic E-state index is 14.1. The molecule has 4 saturated carbocycles. The SMILES string of the molecule is CC(=O)O[C@H]1C[C@@]2(C)[C@@H](C[C@@H](O)[C@H]3[C@@]4(C)CC[C@@H](O)[C@@H](C)[C@@H]4CC[C@@]32C)/C1=C(\CCC=C(C)C)C(=O)Nc1ccc(F)cc1. The van der Waals surface area contributed by atoms with Crippen molar-refractivity contribution in [2.75, 3.05) is 5.32 Å². The number of amides is 1. The molecule has 4 fully saturated rings. The second-order valence-electron chi connectivity index (χ2n) is 15.3. The summed E-state index contributed by atoms with van der Waals surface area (Å²) in [5.74, 6) is -0.634. The average molecular weight is 610 g/mol. The molecule has 0 spiro atoms. The van der Waals surface area contributed by atoms with Crippen molar-refractivity contribution in [1.29, 1.82) is 0 Å². The van der Waals surface area contributed by atoms with Crippen LogP contribution in [-0.4, -0.2) is 40.4 Å². The summed E-state index contributed by atoms with van der Waals surface area (Å²) in [5.41, 5.74) is 2.38. The quantitative estimate of drug-likeness (QED) is 0.178. The first kappa shape index (κ1) is 32.9. The number of nitrogens with one attached hydrogen (secondary N) is 1. The first-order valence-corrected chi connectivity index (χ1v) is 16.6. The number of aliphatic hydroxyl groups is 2. The van der Waals surface area contributed by atoms with Crippen molar-refractivity contribution in [1.82, 2.24) is 0 Å². The molecule has 3 N–H and O–H groups in total. The van der Waals surface area contributed by atoms with Crippen LogP contribution in [0.4, 0.5) is 10.1 Å². The summed E-state index contributed by atoms with van der Waals surface area (Å²) in [6.45, 7) is 14.6. The van der Waals surface area contributed by atoms with Gasteiger partial charge in [0.25, 0.3) is 5.91 Å². The molecule has 0 aromatic heterocycles. The van der Waals surface area contributed by atoms with Crippen molar-refractivity contribution in [2.45, 2.75) is 118 Å². The summed E-state index contributed by atoms with van der Waals surface area (Å²) in [6.07, 6.45) is 6.37. The van der Waals surface area contributed by atoms with E-state index in [2.05, 4.69) is 39.1 Å². The van der Waals surface area contributed by atoms with Crippen LogP contribution in [0.5, 0.6) is 0 Å². The minimum absolute atomic E-state index is 0.0319. The molecule has 5 rings (SSSR count). The van der Waals surface area contributed by atoms with Crippen molar-refractivity contribution >= 4 is 17.6 Å². The van der Waals surface area contributed by atoms with Gasteiger partial charge in [0.2, 0.25) is 0 Å². The number of hydrogen-bond donors (Lipinski definition) is 3. The van der Waals surface area contributed by atoms with E-state index in [9.17, 15) is 24.2 Å². The molecule has 0 unspecified atom stereocenters. The molecule has 1 aromatic rings. The number of carbonyl (C=O) groups excluding carboxylic acids is 2. The van der Waals surface area contributed by atoms with E-state index in [1.165, 1.54) is 19.1 Å². The van der Waals surface area contributed by atoms with Crippen LogP contribution in [0.2, 0.25) is 0 Å². The minimum Gasteiger partial charge on any atom is -0.458 e. The van der Waals surface area contributed by atoms with E-state index < -0.39 is 12.2 Å². The first-order chi connectivity index (χ1) is 20.6. The summed E-state index contributed by atoms with van der Waals surface area (Å²) >= 11 is 0. The van der Waals surface area contributed by atoms with Gasteiger partial charge in [-0.1, -0.05) is 39.3 Å². The van der Waals surface area contributed by atoms with E-state index in [4.69, 9.17) is 4.74 Å². The molecule has 0 aliphatic heterocycles. The lowest BCUT2D eigenvalue weighted by Gasteiger charge is -2.69. The fourth-order valence-corrected chi connectivity index (χ4v) is 10.5. The fourth-order valence-electron chi connectivity index (χ4n) is 10.5. The van der Waals surface area contributed by atoms with Crippen molar-refractivity contribution in [3.8, 4) is 0 Å². The molecule has 4 aliphatic rings. The highest BCUT2D eigenvalue weighted by Crippen LogP contribution is 2.74. The fraction of sp³-hybridized carbons (Fsp3) is 0.676. The molecule has 0 radical (unpaired) electrons. The zero-order valence-electron chi connectivity index (χ0n) is 27.6. The predicted molar refractivity (Wildman–Crippen MR) is 170 cm³/mol. The Morgan fingerprint density at radius 1 is 1.02 bits per heavy atom. The minimum atomic E-state index is -0.585. The third kappa shape index (κ3) is 5.46. The molecule has 1 amide bonds. The van der Waals surface area contributed by atoms with Gasteiger partial charge in [0.15, 0.2) is 0 Å². The van der Waals surface area contributed by atoms with E-state index in [1.54, 1.807) is 12.1 Å². The number of halogens is 1. The summed E-state index contributed by atoms with van der Waals surface area (Å²) < 4.78 is 19.7. The van der Waals surface area contributed by atoms with Crippen LogP contribution in [0.15, 0.2) is 47.1 Å². The van der Waals surface area contributed by atoms with Gasteiger partial charge in [-0.05, 0) is 135 Å². The van der Waals surface area contributed by atoms with Gasteiger partial charge in [-0.2, -0.15) is 0 Å². The Balaban J connectivity index is 1.61. The molecule has 0 bridgehead atoms. The molecule has 0 saturated heterocycles. The maximum Gasteiger partial charge on any atom is 0.303 e. The van der Waals surface area contributed by atoms with Crippen molar-refractivity contribution in [2.24, 2.45) is 39.9 Å². The third-order valence-corrected chi connectivity index (χ3v) is 12.7. The van der Waals surface area contributed by atoms with E-state index in [-0.39, 0.29) is 57.8 Å². The van der Waals surface area contributed by atoms with E-state index in [0.717, 1.165) is 36.8 Å². The van der Waals surface area contributed by atoms with Gasteiger partial charge in [-0.15, -0.1) is 0 Å². The Morgan fingerprint density at radius 2 is 1.70 bits per heavy atom. The summed E-state index contributed by atoms with van der Waals surface area (Å²) in [7, 11) is 0. The van der Waals surface area contributed by atoms with Gasteiger partial charge in [-0.3, -0.25) is 9.59 Å². The molecule has 10 atom stereocenters. The van der Waals surface area contributed by atoms with Crippen LogP contribution >= 0.6 is 0 Å². The van der Waals surface area contributed by atoms with Crippen LogP contribution in [-0.2, 0) is 14.3 Å². The summed E-state index contributed by atoms with van der Waals surface area (Å²) in [6, 6.07) is 5.73. The number of hydrogen-bond acceptors (Lipinski definition) is 5. The number of fused-ring (bicyclic) bond motifs is 5. The van der Waals surface area contributed by atoms with Gasteiger partial charge in [0, 0.05) is 18.2 Å². The van der Waals surface area contributed by atoms with Crippen LogP contribution < -0.4 is 5.32 Å². The number of allylic oxidation sites excluding steroid dienone is 2. The van der Waals surface area contributed by atoms with Gasteiger partial charge in [-0.25, -0.2) is 4.39 Å². The Kier molecular flexibility index (Phi) is 8.98. The number of ether oxygens (including phenoxy) is 1. The van der Waals surface area contributed by atoms with Crippen molar-refractivity contribution in [3.05, 3.63) is 52.9 Å². The Labute approximate surface area is 262 Å². The topological polar surface area (TPSA) is 95.9 Å². The van der Waals surface area contributed by atoms with Gasteiger partial charge < -0.3 is 20.3 Å². The van der Waals surface area contributed by atoms with Gasteiger partial charge >= 0.3 is 5.97 Å². The molecular formula is C37H52FNO5. The monoisotopic (exact) mass is 609 g/mol. The Morgan fingerprint density at radius 3 is 2.34 bits per heavy atom. The average Bonchev–Trinajstić information content (AvgIpc) is 3.21. The lowest BCUT2D eigenvalue weighted by Crippen LogP contribution is -2.65. The summed E-state index contributed by atoms with van der Waals surface area (Å²) in [4.78, 5) is 26.7. The highest BCUT2D eigenvalue weighted by atomic mass is 19.1. The first-order valence-electron chi connectivity index (χ1n) is 16.6. The van der Waals surface area contributed by atoms with Crippen LogP contribution in [0.3, 0.4) is 0 Å². The zero-order chi connectivity index (χ0) is 32.2. The number of benzene rings is 1. The van der Waals surface area contributed by atoms with E-state index in [0.29, 0.717) is 42.9 Å². The third-order valence-electron chi connectivity index (χ3n) is 12.7. The van der Waals surface area contributed by atoms with Crippen LogP contribution in [0, 0.1) is 45.7 Å². The van der Waals surface area contributed by atoms with Crippen LogP contribution in [0.25, 0.3) is 0 Å². The number of anilines is 1. The lowest BCUT2D eigenvalue weighted by molar-refractivity contribution is -0.234. The molecule has 4 aliphatic carbocycles. The standard InChI is InChI=1S/C37H52FNO5/c1-21(2)9-8-10-26(34(43)39-25-13-11-24(38)12-14-25)32-28-19-30(42)33-35(5)17-16-29(41)22(3)27(35)15-18-36(33,6)37(28,7)20-31(32)44-23(4)40/h9,11-14,22,27-31,33,41-42H,8,10,15-20H2,1-7H3,(H,39,43)/b32-26-/t22-,27-,28-,29+,30+,31-,33-,35-,36-,37-/m0/s1. The van der Waals surface area contributed by atoms with Crippen LogP contribution in [0.1, 0.15) is 99.8 Å². The predicted octanol–water partition coefficient (Wildman–Crippen LogP) is 7.36. The molecule has 242 valence electrons.